The molecule has 4 aliphatic heterocycles. The molecule has 3 saturated heterocycles. The van der Waals surface area contributed by atoms with Crippen molar-refractivity contribution in [1.82, 2.24) is 9.88 Å². The Morgan fingerprint density at radius 1 is 1.08 bits per heavy atom. The van der Waals surface area contributed by atoms with Gasteiger partial charge in [0.2, 0.25) is 5.88 Å². The number of rotatable bonds is 2. The van der Waals surface area contributed by atoms with Crippen molar-refractivity contribution in [2.24, 2.45) is 5.92 Å². The van der Waals surface area contributed by atoms with E-state index in [1.54, 1.807) is 0 Å². The molecule has 1 unspecified atom stereocenters. The van der Waals surface area contributed by atoms with Gasteiger partial charge >= 0.3 is 0 Å². The molecule has 0 saturated carbocycles. The quantitative estimate of drug-likeness (QED) is 0.845. The van der Waals surface area contributed by atoms with E-state index in [1.165, 1.54) is 37.1 Å². The molecule has 3 fully saturated rings. The van der Waals surface area contributed by atoms with Crippen molar-refractivity contribution in [3.05, 3.63) is 59.3 Å². The van der Waals surface area contributed by atoms with E-state index in [1.807, 2.05) is 12.3 Å². The average molecular weight is 318 g/mol. The van der Waals surface area contributed by atoms with E-state index in [2.05, 4.69) is 52.4 Å². The molecular formula is C21H22N2O. The van der Waals surface area contributed by atoms with Crippen molar-refractivity contribution < 1.29 is 4.74 Å². The van der Waals surface area contributed by atoms with Crippen LogP contribution in [-0.2, 0) is 6.42 Å². The largest absolute Gasteiger partial charge is 0.469 e. The Morgan fingerprint density at radius 2 is 1.88 bits per heavy atom. The minimum atomic E-state index is -0.00635. The summed E-state index contributed by atoms with van der Waals surface area (Å²) in [5, 5.41) is 0. The minimum Gasteiger partial charge on any atom is -0.469 e. The summed E-state index contributed by atoms with van der Waals surface area (Å²) in [6.07, 6.45) is 9.78. The molecule has 0 amide bonds. The lowest BCUT2D eigenvalue weighted by atomic mass is 9.73. The maximum absolute atomic E-state index is 6.41. The molecule has 6 rings (SSSR count). The molecule has 4 aliphatic rings. The fraction of sp³-hybridized carbons (Fsp3) is 0.381. The Kier molecular flexibility index (Phi) is 3.23. The van der Waals surface area contributed by atoms with Crippen LogP contribution in [0.3, 0.4) is 0 Å². The number of fused-ring (bicyclic) bond motifs is 3. The first-order chi connectivity index (χ1) is 11.8. The van der Waals surface area contributed by atoms with Crippen LogP contribution in [0, 0.1) is 5.92 Å². The molecule has 0 aliphatic carbocycles. The Morgan fingerprint density at radius 3 is 2.62 bits per heavy atom. The van der Waals surface area contributed by atoms with Gasteiger partial charge in [0, 0.05) is 30.6 Å². The van der Waals surface area contributed by atoms with Gasteiger partial charge in [-0.05, 0) is 43.1 Å². The highest BCUT2D eigenvalue weighted by Gasteiger charge is 2.52. The van der Waals surface area contributed by atoms with Crippen LogP contribution >= 0.6 is 0 Å². The molecule has 1 aromatic heterocycles. The van der Waals surface area contributed by atoms with Gasteiger partial charge in [-0.1, -0.05) is 42.5 Å². The summed E-state index contributed by atoms with van der Waals surface area (Å²) in [5.74, 6) is 1.56. The molecule has 1 aromatic carbocycles. The molecule has 2 bridgehead atoms. The first-order valence-electron chi connectivity index (χ1n) is 8.94. The monoisotopic (exact) mass is 318 g/mol. The van der Waals surface area contributed by atoms with E-state index in [0.717, 1.165) is 24.4 Å². The second-order valence-electron chi connectivity index (χ2n) is 7.37. The zero-order valence-electron chi connectivity index (χ0n) is 13.8. The number of hydrogen-bond acceptors (Lipinski definition) is 3. The minimum absolute atomic E-state index is 0.00635. The van der Waals surface area contributed by atoms with Gasteiger partial charge in [0.1, 0.15) is 5.60 Å². The van der Waals surface area contributed by atoms with Crippen LogP contribution in [0.25, 0.3) is 12.2 Å². The van der Waals surface area contributed by atoms with Crippen LogP contribution in [0.15, 0.2) is 42.6 Å². The van der Waals surface area contributed by atoms with Gasteiger partial charge in [-0.15, -0.1) is 0 Å². The summed E-state index contributed by atoms with van der Waals surface area (Å²) in [6.45, 7) is 3.55. The Hall–Kier alpha value is -2.13. The van der Waals surface area contributed by atoms with E-state index >= 15 is 0 Å². The summed E-state index contributed by atoms with van der Waals surface area (Å²) >= 11 is 0. The van der Waals surface area contributed by atoms with Crippen LogP contribution in [0.4, 0.5) is 0 Å². The van der Waals surface area contributed by atoms with Gasteiger partial charge in [-0.3, -0.25) is 4.90 Å². The Balaban J connectivity index is 1.39. The molecule has 0 N–H and O–H groups in total. The average Bonchev–Trinajstić information content (AvgIpc) is 2.98. The third-order valence-electron chi connectivity index (χ3n) is 5.83. The lowest BCUT2D eigenvalue weighted by Crippen LogP contribution is -2.61. The van der Waals surface area contributed by atoms with E-state index in [9.17, 15) is 0 Å². The van der Waals surface area contributed by atoms with Gasteiger partial charge in [0.25, 0.3) is 0 Å². The molecule has 122 valence electrons. The van der Waals surface area contributed by atoms with Gasteiger partial charge in [0.15, 0.2) is 0 Å². The fourth-order valence-electron chi connectivity index (χ4n) is 4.57. The van der Waals surface area contributed by atoms with Crippen molar-refractivity contribution in [3.8, 4) is 5.88 Å². The maximum atomic E-state index is 6.41. The van der Waals surface area contributed by atoms with Crippen LogP contribution in [0.1, 0.15) is 29.5 Å². The number of hydrogen-bond donors (Lipinski definition) is 0. The van der Waals surface area contributed by atoms with Crippen molar-refractivity contribution in [2.45, 2.75) is 24.9 Å². The summed E-state index contributed by atoms with van der Waals surface area (Å²) in [6, 6.07) is 12.6. The summed E-state index contributed by atoms with van der Waals surface area (Å²) in [4.78, 5) is 7.17. The summed E-state index contributed by atoms with van der Waals surface area (Å²) in [7, 11) is 0. The van der Waals surface area contributed by atoms with Crippen LogP contribution in [0.2, 0.25) is 0 Å². The highest BCUT2D eigenvalue weighted by Crippen LogP contribution is 2.46. The summed E-state index contributed by atoms with van der Waals surface area (Å²) < 4.78 is 6.41. The second kappa shape index (κ2) is 5.45. The van der Waals surface area contributed by atoms with Gasteiger partial charge in [-0.25, -0.2) is 4.98 Å². The highest BCUT2D eigenvalue weighted by atomic mass is 16.5. The predicted octanol–water partition coefficient (Wildman–Crippen LogP) is 3.65. The topological polar surface area (TPSA) is 25.4 Å². The van der Waals surface area contributed by atoms with E-state index in [-0.39, 0.29) is 5.60 Å². The van der Waals surface area contributed by atoms with E-state index in [4.69, 9.17) is 4.74 Å². The molecule has 2 aromatic rings. The van der Waals surface area contributed by atoms with E-state index < -0.39 is 0 Å². The third-order valence-corrected chi connectivity index (χ3v) is 5.83. The number of nitrogens with zero attached hydrogens (tertiary/aromatic N) is 2. The molecule has 3 nitrogen and oxygen atoms in total. The van der Waals surface area contributed by atoms with Crippen LogP contribution in [-0.4, -0.2) is 35.1 Å². The van der Waals surface area contributed by atoms with Crippen molar-refractivity contribution >= 4 is 12.2 Å². The SMILES string of the molecule is C(=Cc1cnc2c(c1)CC1(CN3CCC1CC3)O2)c1ccccc1. The molecule has 0 radical (unpaired) electrons. The lowest BCUT2D eigenvalue weighted by molar-refractivity contribution is -0.0814. The Labute approximate surface area is 143 Å². The lowest BCUT2D eigenvalue weighted by Gasteiger charge is -2.50. The highest BCUT2D eigenvalue weighted by molar-refractivity contribution is 5.69. The summed E-state index contributed by atoms with van der Waals surface area (Å²) in [5.41, 5.74) is 3.63. The first kappa shape index (κ1) is 14.2. The second-order valence-corrected chi connectivity index (χ2v) is 7.37. The smallest absolute Gasteiger partial charge is 0.217 e. The number of pyridine rings is 1. The van der Waals surface area contributed by atoms with Crippen LogP contribution < -0.4 is 4.74 Å². The Bertz CT molecular complexity index is 778. The zero-order valence-corrected chi connectivity index (χ0v) is 13.8. The van der Waals surface area contributed by atoms with Gasteiger partial charge < -0.3 is 4.74 Å². The molecule has 1 atom stereocenters. The number of piperidine rings is 3. The van der Waals surface area contributed by atoms with Crippen LogP contribution in [0.5, 0.6) is 5.88 Å². The number of ether oxygens (including phenoxy) is 1. The molecule has 1 spiro atoms. The van der Waals surface area contributed by atoms with Crippen molar-refractivity contribution in [3.63, 3.8) is 0 Å². The van der Waals surface area contributed by atoms with Gasteiger partial charge in [0.05, 0.1) is 0 Å². The maximum Gasteiger partial charge on any atom is 0.217 e. The molecule has 24 heavy (non-hydrogen) atoms. The number of benzene rings is 1. The van der Waals surface area contributed by atoms with Gasteiger partial charge in [-0.2, -0.15) is 0 Å². The fourth-order valence-corrected chi connectivity index (χ4v) is 4.57. The normalized spacial score (nSPS) is 30.7. The standard InChI is InChI=1S/C21H22N2O/c1-2-4-16(5-3-1)6-7-17-12-18-13-21(24-20(18)22-14-17)15-23-10-8-19(21)9-11-23/h1-7,12,14,19H,8-11,13,15H2. The first-order valence-corrected chi connectivity index (χ1v) is 8.94. The predicted molar refractivity (Wildman–Crippen MR) is 95.8 cm³/mol. The zero-order chi connectivity index (χ0) is 16.0. The van der Waals surface area contributed by atoms with Crippen molar-refractivity contribution in [2.75, 3.05) is 19.6 Å². The van der Waals surface area contributed by atoms with E-state index in [0.29, 0.717) is 5.92 Å². The third kappa shape index (κ3) is 2.35. The molecule has 3 heteroatoms. The number of aromatic nitrogens is 1. The molecule has 5 heterocycles. The molecular weight excluding hydrogens is 296 g/mol. The van der Waals surface area contributed by atoms with Crippen molar-refractivity contribution in [1.29, 1.82) is 0 Å².